The lowest BCUT2D eigenvalue weighted by atomic mass is 9.99. The van der Waals surface area contributed by atoms with Crippen molar-refractivity contribution in [2.24, 2.45) is 5.73 Å². The highest BCUT2D eigenvalue weighted by molar-refractivity contribution is 5.69. The third-order valence-corrected chi connectivity index (χ3v) is 2.77. The van der Waals surface area contributed by atoms with Gasteiger partial charge in [0.05, 0.1) is 7.11 Å². The number of ether oxygens (including phenoxy) is 1. The second-order valence-corrected chi connectivity index (χ2v) is 3.83. The normalized spacial score (nSPS) is 10.4. The standard InChI is InChI=1S/C14H13F2NO/c1-18-10-5-6-11(9(7-10)8-17)12-3-2-4-13(15)14(12)16/h2-7H,8,17H2,1H3. The van der Waals surface area contributed by atoms with Gasteiger partial charge in [-0.05, 0) is 29.3 Å². The number of benzene rings is 2. The molecule has 18 heavy (non-hydrogen) atoms. The van der Waals surface area contributed by atoms with Gasteiger partial charge in [0.15, 0.2) is 11.6 Å². The van der Waals surface area contributed by atoms with Crippen molar-refractivity contribution >= 4 is 0 Å². The van der Waals surface area contributed by atoms with Crippen molar-refractivity contribution < 1.29 is 13.5 Å². The highest BCUT2D eigenvalue weighted by Gasteiger charge is 2.13. The largest absolute Gasteiger partial charge is 0.497 e. The van der Waals surface area contributed by atoms with Crippen LogP contribution in [-0.2, 0) is 6.54 Å². The van der Waals surface area contributed by atoms with Crippen LogP contribution in [0.1, 0.15) is 5.56 Å². The maximum absolute atomic E-state index is 13.7. The van der Waals surface area contributed by atoms with Gasteiger partial charge in [-0.2, -0.15) is 0 Å². The summed E-state index contributed by atoms with van der Waals surface area (Å²) in [5.41, 5.74) is 7.12. The Morgan fingerprint density at radius 3 is 2.56 bits per heavy atom. The Hall–Kier alpha value is -1.94. The predicted octanol–water partition coefficient (Wildman–Crippen LogP) is 3.10. The van der Waals surface area contributed by atoms with Crippen LogP contribution in [0.3, 0.4) is 0 Å². The molecule has 0 aliphatic rings. The van der Waals surface area contributed by atoms with E-state index in [1.807, 2.05) is 0 Å². The van der Waals surface area contributed by atoms with Crippen LogP contribution in [0.4, 0.5) is 8.78 Å². The number of halogens is 2. The van der Waals surface area contributed by atoms with Gasteiger partial charge in [0.25, 0.3) is 0 Å². The van der Waals surface area contributed by atoms with Crippen LogP contribution in [0.2, 0.25) is 0 Å². The molecular weight excluding hydrogens is 236 g/mol. The molecule has 0 bridgehead atoms. The summed E-state index contributed by atoms with van der Waals surface area (Å²) in [6, 6.07) is 9.18. The third kappa shape index (κ3) is 2.19. The summed E-state index contributed by atoms with van der Waals surface area (Å²) < 4.78 is 32.0. The van der Waals surface area contributed by atoms with Gasteiger partial charge in [0.2, 0.25) is 0 Å². The zero-order chi connectivity index (χ0) is 13.1. The average molecular weight is 249 g/mol. The summed E-state index contributed by atoms with van der Waals surface area (Å²) >= 11 is 0. The van der Waals surface area contributed by atoms with Gasteiger partial charge in [0, 0.05) is 12.1 Å². The minimum atomic E-state index is -0.869. The highest BCUT2D eigenvalue weighted by atomic mass is 19.2. The summed E-state index contributed by atoms with van der Waals surface area (Å²) in [4.78, 5) is 0. The molecule has 0 unspecified atom stereocenters. The van der Waals surface area contributed by atoms with Gasteiger partial charge >= 0.3 is 0 Å². The number of nitrogens with two attached hydrogens (primary N) is 1. The first-order chi connectivity index (χ1) is 8.67. The molecule has 0 aliphatic carbocycles. The summed E-state index contributed by atoms with van der Waals surface area (Å²) in [6.07, 6.45) is 0. The van der Waals surface area contributed by atoms with Crippen molar-refractivity contribution in [3.8, 4) is 16.9 Å². The molecule has 94 valence electrons. The Morgan fingerprint density at radius 2 is 1.89 bits per heavy atom. The van der Waals surface area contributed by atoms with Crippen molar-refractivity contribution in [2.45, 2.75) is 6.54 Å². The van der Waals surface area contributed by atoms with Gasteiger partial charge in [-0.15, -0.1) is 0 Å². The first kappa shape index (κ1) is 12.5. The van der Waals surface area contributed by atoms with Gasteiger partial charge in [-0.25, -0.2) is 8.78 Å². The van der Waals surface area contributed by atoms with Crippen LogP contribution in [0.5, 0.6) is 5.75 Å². The fourth-order valence-electron chi connectivity index (χ4n) is 1.84. The average Bonchev–Trinajstić information content (AvgIpc) is 2.41. The molecule has 0 aromatic heterocycles. The fourth-order valence-corrected chi connectivity index (χ4v) is 1.84. The van der Waals surface area contributed by atoms with Gasteiger partial charge in [0.1, 0.15) is 5.75 Å². The molecule has 2 nitrogen and oxygen atoms in total. The van der Waals surface area contributed by atoms with Crippen molar-refractivity contribution in [3.63, 3.8) is 0 Å². The number of hydrogen-bond acceptors (Lipinski definition) is 2. The minimum absolute atomic E-state index is 0.207. The van der Waals surface area contributed by atoms with Crippen molar-refractivity contribution in [1.29, 1.82) is 0 Å². The molecule has 0 fully saturated rings. The van der Waals surface area contributed by atoms with Gasteiger partial charge < -0.3 is 10.5 Å². The van der Waals surface area contributed by atoms with Crippen LogP contribution in [0.25, 0.3) is 11.1 Å². The maximum Gasteiger partial charge on any atom is 0.166 e. The Balaban J connectivity index is 2.60. The van der Waals surface area contributed by atoms with Crippen molar-refractivity contribution in [1.82, 2.24) is 0 Å². The zero-order valence-corrected chi connectivity index (χ0v) is 9.91. The molecule has 0 heterocycles. The molecule has 0 spiro atoms. The molecule has 2 rings (SSSR count). The molecule has 0 saturated heterocycles. The van der Waals surface area contributed by atoms with Gasteiger partial charge in [-0.1, -0.05) is 18.2 Å². The van der Waals surface area contributed by atoms with E-state index in [0.29, 0.717) is 16.9 Å². The molecule has 0 aliphatic heterocycles. The molecule has 0 amide bonds. The second kappa shape index (κ2) is 5.14. The molecule has 0 saturated carbocycles. The maximum atomic E-state index is 13.7. The molecule has 2 aromatic rings. The van der Waals surface area contributed by atoms with E-state index in [2.05, 4.69) is 0 Å². The summed E-state index contributed by atoms with van der Waals surface area (Å²) in [6.45, 7) is 0.225. The molecule has 0 radical (unpaired) electrons. The quantitative estimate of drug-likeness (QED) is 0.907. The lowest BCUT2D eigenvalue weighted by Gasteiger charge is -2.11. The molecule has 0 atom stereocenters. The molecular formula is C14H13F2NO. The topological polar surface area (TPSA) is 35.2 Å². The highest BCUT2D eigenvalue weighted by Crippen LogP contribution is 2.30. The van der Waals surface area contributed by atoms with E-state index < -0.39 is 11.6 Å². The van der Waals surface area contributed by atoms with Crippen LogP contribution in [0, 0.1) is 11.6 Å². The zero-order valence-electron chi connectivity index (χ0n) is 9.91. The van der Waals surface area contributed by atoms with Crippen molar-refractivity contribution in [3.05, 3.63) is 53.6 Å². The SMILES string of the molecule is COc1ccc(-c2cccc(F)c2F)c(CN)c1. The van der Waals surface area contributed by atoms with E-state index in [1.165, 1.54) is 19.2 Å². The number of hydrogen-bond donors (Lipinski definition) is 1. The summed E-state index contributed by atoms with van der Waals surface area (Å²) in [5.74, 6) is -1.10. The lowest BCUT2D eigenvalue weighted by Crippen LogP contribution is -2.01. The second-order valence-electron chi connectivity index (χ2n) is 3.83. The van der Waals surface area contributed by atoms with E-state index in [0.717, 1.165) is 6.07 Å². The van der Waals surface area contributed by atoms with Crippen molar-refractivity contribution in [2.75, 3.05) is 7.11 Å². The molecule has 2 aromatic carbocycles. The van der Waals surface area contributed by atoms with Crippen LogP contribution in [0.15, 0.2) is 36.4 Å². The Morgan fingerprint density at radius 1 is 1.11 bits per heavy atom. The third-order valence-electron chi connectivity index (χ3n) is 2.77. The van der Waals surface area contributed by atoms with E-state index in [9.17, 15) is 8.78 Å². The molecule has 4 heteroatoms. The van der Waals surface area contributed by atoms with Crippen LogP contribution >= 0.6 is 0 Å². The first-order valence-corrected chi connectivity index (χ1v) is 5.48. The minimum Gasteiger partial charge on any atom is -0.497 e. The number of rotatable bonds is 3. The van der Waals surface area contributed by atoms with E-state index in [1.54, 1.807) is 18.2 Å². The summed E-state index contributed by atoms with van der Waals surface area (Å²) in [5, 5.41) is 0. The Labute approximate surface area is 104 Å². The lowest BCUT2D eigenvalue weighted by molar-refractivity contribution is 0.414. The molecule has 2 N–H and O–H groups in total. The first-order valence-electron chi connectivity index (χ1n) is 5.48. The Bertz CT molecular complexity index is 570. The smallest absolute Gasteiger partial charge is 0.166 e. The van der Waals surface area contributed by atoms with Gasteiger partial charge in [-0.3, -0.25) is 0 Å². The fraction of sp³-hybridized carbons (Fsp3) is 0.143. The van der Waals surface area contributed by atoms with E-state index >= 15 is 0 Å². The van der Waals surface area contributed by atoms with Crippen LogP contribution in [-0.4, -0.2) is 7.11 Å². The number of methoxy groups -OCH3 is 1. The monoisotopic (exact) mass is 249 g/mol. The van der Waals surface area contributed by atoms with E-state index in [-0.39, 0.29) is 12.1 Å². The van der Waals surface area contributed by atoms with E-state index in [4.69, 9.17) is 10.5 Å². The Kier molecular flexibility index (Phi) is 3.58. The summed E-state index contributed by atoms with van der Waals surface area (Å²) in [7, 11) is 1.54. The predicted molar refractivity (Wildman–Crippen MR) is 66.2 cm³/mol. The van der Waals surface area contributed by atoms with Crippen LogP contribution < -0.4 is 10.5 Å².